The van der Waals surface area contributed by atoms with E-state index in [4.69, 9.17) is 19.4 Å². The van der Waals surface area contributed by atoms with Crippen LogP contribution in [-0.2, 0) is 24.2 Å². The van der Waals surface area contributed by atoms with Crippen LogP contribution in [0.3, 0.4) is 0 Å². The molecule has 0 aliphatic carbocycles. The van der Waals surface area contributed by atoms with Gasteiger partial charge >= 0.3 is 16.9 Å². The first kappa shape index (κ1) is 32.6. The van der Waals surface area contributed by atoms with E-state index in [1.54, 1.807) is 23.7 Å². The number of aryl methyl sites for hydroxylation is 1. The van der Waals surface area contributed by atoms with E-state index < -0.39 is 26.7 Å². The van der Waals surface area contributed by atoms with Gasteiger partial charge in [0.05, 0.1) is 16.7 Å². The number of hydrogen-bond acceptors (Lipinski definition) is 11. The summed E-state index contributed by atoms with van der Waals surface area (Å²) in [5.74, 6) is 4.28. The van der Waals surface area contributed by atoms with Gasteiger partial charge in [0, 0.05) is 12.5 Å². The minimum Gasteiger partial charge on any atom is -0.493 e. The Balaban J connectivity index is 1.39. The first-order valence-electron chi connectivity index (χ1n) is 13.2. The Morgan fingerprint density at radius 1 is 1.07 bits per heavy atom. The molecule has 1 heterocycles. The highest BCUT2D eigenvalue weighted by atomic mass is 32.2. The number of hydrogen-bond donors (Lipinski definition) is 2. The fourth-order valence-electron chi connectivity index (χ4n) is 3.68. The van der Waals surface area contributed by atoms with Crippen molar-refractivity contribution in [2.45, 2.75) is 48.9 Å². The topological polar surface area (TPSA) is 181 Å². The Morgan fingerprint density at radius 2 is 1.81 bits per heavy atom. The molecule has 0 aliphatic rings. The summed E-state index contributed by atoms with van der Waals surface area (Å²) in [6.45, 7) is 1.84. The number of rotatable bonds is 15. The summed E-state index contributed by atoms with van der Waals surface area (Å²) >= 11 is 0. The number of ether oxygens (including phenoxy) is 3. The molecule has 3 aromatic rings. The molecule has 13 nitrogen and oxygen atoms in total. The Labute approximate surface area is 248 Å². The summed E-state index contributed by atoms with van der Waals surface area (Å²) in [5, 5.41) is 22.9. The van der Waals surface area contributed by atoms with Gasteiger partial charge in [-0.15, -0.1) is 0 Å². The van der Waals surface area contributed by atoms with Gasteiger partial charge in [0.25, 0.3) is 9.84 Å². The molecule has 0 fully saturated rings. The van der Waals surface area contributed by atoms with Crippen molar-refractivity contribution in [2.75, 3.05) is 19.8 Å². The summed E-state index contributed by atoms with van der Waals surface area (Å²) in [6.07, 6.45) is 6.45. The normalized spacial score (nSPS) is 11.0. The van der Waals surface area contributed by atoms with Crippen molar-refractivity contribution in [3.05, 3.63) is 70.9 Å². The van der Waals surface area contributed by atoms with Crippen molar-refractivity contribution < 1.29 is 47.0 Å². The maximum Gasteiger partial charge on any atom is 0.415 e. The van der Waals surface area contributed by atoms with Crippen LogP contribution in [0, 0.1) is 24.0 Å². The number of benzene rings is 2. The quantitative estimate of drug-likeness (QED) is 0.0489. The van der Waals surface area contributed by atoms with E-state index in [1.165, 1.54) is 30.3 Å². The second-order valence-electron chi connectivity index (χ2n) is 9.01. The summed E-state index contributed by atoms with van der Waals surface area (Å²) in [5.41, 5.74) is 3.28. The first-order chi connectivity index (χ1) is 20.7. The van der Waals surface area contributed by atoms with Crippen molar-refractivity contribution in [1.29, 1.82) is 0 Å². The molecule has 1 amide bonds. The lowest BCUT2D eigenvalue weighted by Crippen LogP contribution is -2.30. The number of unbranched alkanes of at least 4 members (excludes halogenated alkanes) is 3. The van der Waals surface area contributed by atoms with Crippen molar-refractivity contribution >= 4 is 27.8 Å². The zero-order chi connectivity index (χ0) is 31.1. The van der Waals surface area contributed by atoms with Crippen LogP contribution in [0.25, 0.3) is 6.08 Å². The van der Waals surface area contributed by atoms with Crippen molar-refractivity contribution in [1.82, 2.24) is 10.6 Å². The molecule has 43 heavy (non-hydrogen) atoms. The van der Waals surface area contributed by atoms with Gasteiger partial charge in [-0.05, 0) is 66.1 Å². The number of sulfone groups is 1. The van der Waals surface area contributed by atoms with E-state index in [9.17, 15) is 23.2 Å². The highest BCUT2D eigenvalue weighted by molar-refractivity contribution is 7.91. The molecule has 14 heteroatoms. The number of esters is 1. The second-order valence-corrected chi connectivity index (χ2v) is 10.9. The highest BCUT2D eigenvalue weighted by Gasteiger charge is 2.35. The molecule has 228 valence electrons. The summed E-state index contributed by atoms with van der Waals surface area (Å²) < 4.78 is 45.9. The third-order valence-corrected chi connectivity index (χ3v) is 7.56. The van der Waals surface area contributed by atoms with Gasteiger partial charge in [-0.2, -0.15) is 0 Å². The minimum absolute atomic E-state index is 0.134. The third-order valence-electron chi connectivity index (χ3n) is 5.84. The molecule has 0 saturated heterocycles. The van der Waals surface area contributed by atoms with Crippen LogP contribution in [0.5, 0.6) is 11.6 Å². The fraction of sp³-hybridized carbons (Fsp3) is 0.310. The number of hydroxylamine groups is 1. The lowest BCUT2D eigenvalue weighted by Gasteiger charge is -2.09. The van der Waals surface area contributed by atoms with Crippen LogP contribution in [0.1, 0.15) is 43.2 Å². The molecule has 0 spiro atoms. The molecule has 2 N–H and O–H groups in total. The zero-order valence-electron chi connectivity index (χ0n) is 23.4. The van der Waals surface area contributed by atoms with Gasteiger partial charge in [0.15, 0.2) is 13.2 Å². The lowest BCUT2D eigenvalue weighted by atomic mass is 10.1. The van der Waals surface area contributed by atoms with E-state index >= 15 is 0 Å². The van der Waals surface area contributed by atoms with E-state index in [-0.39, 0.29) is 28.9 Å². The first-order valence-corrected chi connectivity index (χ1v) is 14.7. The Hall–Kier alpha value is -4.87. The molecule has 3 rings (SSSR count). The zero-order valence-corrected chi connectivity index (χ0v) is 24.2. The Kier molecular flexibility index (Phi) is 12.6. The minimum atomic E-state index is -4.24. The average Bonchev–Trinajstić information content (AvgIpc) is 3.39. The monoisotopic (exact) mass is 613 g/mol. The molecule has 0 aliphatic heterocycles. The molecule has 2 aromatic carbocycles. The molecule has 0 saturated carbocycles. The van der Waals surface area contributed by atoms with Gasteiger partial charge in [0.2, 0.25) is 5.91 Å². The third kappa shape index (κ3) is 10.2. The van der Waals surface area contributed by atoms with Gasteiger partial charge < -0.3 is 19.4 Å². The Bertz CT molecular complexity index is 1570. The molecule has 0 unspecified atom stereocenters. The molecule has 0 bridgehead atoms. The molecule has 0 atom stereocenters. The lowest BCUT2D eigenvalue weighted by molar-refractivity contribution is -0.832. The predicted molar refractivity (Wildman–Crippen MR) is 150 cm³/mol. The molecular weight excluding hydrogens is 582 g/mol. The van der Waals surface area contributed by atoms with Crippen LogP contribution >= 0.6 is 0 Å². The molecular formula is C29H31N3O10S. The molecule has 0 radical (unpaired) electrons. The van der Waals surface area contributed by atoms with Crippen LogP contribution in [-0.4, -0.2) is 50.5 Å². The maximum absolute atomic E-state index is 12.7. The molecule has 1 aromatic heterocycles. The number of nitrogens with zero attached hydrogens (tertiary/aromatic N) is 2. The smallest absolute Gasteiger partial charge is 0.415 e. The van der Waals surface area contributed by atoms with Crippen LogP contribution in [0.15, 0.2) is 69.2 Å². The van der Waals surface area contributed by atoms with E-state index in [0.717, 1.165) is 36.1 Å². The summed E-state index contributed by atoms with van der Waals surface area (Å²) in [6, 6.07) is 12.8. The van der Waals surface area contributed by atoms with Crippen molar-refractivity contribution in [3.63, 3.8) is 0 Å². The largest absolute Gasteiger partial charge is 0.493 e. The van der Waals surface area contributed by atoms with E-state index in [1.807, 2.05) is 19.1 Å². The average molecular weight is 614 g/mol. The maximum atomic E-state index is 12.7. The van der Waals surface area contributed by atoms with Gasteiger partial charge in [-0.3, -0.25) is 14.6 Å². The van der Waals surface area contributed by atoms with Crippen LogP contribution in [0.2, 0.25) is 0 Å². The highest BCUT2D eigenvalue weighted by Crippen LogP contribution is 2.25. The van der Waals surface area contributed by atoms with Crippen LogP contribution in [0.4, 0.5) is 0 Å². The summed E-state index contributed by atoms with van der Waals surface area (Å²) in [4.78, 5) is 22.6. The van der Waals surface area contributed by atoms with Gasteiger partial charge in [-0.1, -0.05) is 48.9 Å². The summed E-state index contributed by atoms with van der Waals surface area (Å²) in [7, 11) is -4.24. The predicted octanol–water partition coefficient (Wildman–Crippen LogP) is 2.92. The number of aromatic nitrogens is 2. The fourth-order valence-corrected chi connectivity index (χ4v) is 4.98. The second kappa shape index (κ2) is 16.5. The number of carbonyl (C=O) groups excluding carboxylic acids is 2. The van der Waals surface area contributed by atoms with Crippen LogP contribution < -0.4 is 19.9 Å². The van der Waals surface area contributed by atoms with Gasteiger partial charge in [-0.25, -0.2) is 18.7 Å². The van der Waals surface area contributed by atoms with Crippen molar-refractivity contribution in [2.24, 2.45) is 0 Å². The SMILES string of the molecule is Cc1cc(C=CC(=O)OCC#CCOc2no[n+]([O-])c2S(=O)(=O)c2ccccc2)ccc1OCCCCCCC(=O)NO. The van der Waals surface area contributed by atoms with E-state index in [0.29, 0.717) is 19.4 Å². The number of amides is 1. The standard InChI is InChI=1S/C29H31N3O10S/c1-22-21-23(14-16-25(22)39-18-8-3-2-7-13-26(33)30-35)15-17-27(34)40-19-9-10-20-41-28-29(32(36)42-31-28)43(37,38)24-11-5-4-6-12-24/h4-6,11-12,14-17,21,35H,2-3,7-8,13,18-20H2,1H3,(H,30,33). The van der Waals surface area contributed by atoms with E-state index in [2.05, 4.69) is 21.6 Å². The van der Waals surface area contributed by atoms with Gasteiger partial charge in [0.1, 0.15) is 5.75 Å². The van der Waals surface area contributed by atoms with Crippen molar-refractivity contribution in [3.8, 4) is 23.5 Å². The number of nitrogens with one attached hydrogen (secondary N) is 1. The Morgan fingerprint density at radius 3 is 2.56 bits per heavy atom. The number of carbonyl (C=O) groups is 2.